The minimum Gasteiger partial charge on any atom is -0.354 e. The molecule has 3 heterocycles. The highest BCUT2D eigenvalue weighted by Gasteiger charge is 2.34. The van der Waals surface area contributed by atoms with E-state index in [1.165, 1.54) is 22.2 Å². The van der Waals surface area contributed by atoms with Gasteiger partial charge < -0.3 is 4.90 Å². The summed E-state index contributed by atoms with van der Waals surface area (Å²) in [6.07, 6.45) is -3.37. The molecule has 0 saturated carbocycles. The lowest BCUT2D eigenvalue weighted by molar-refractivity contribution is -0.141. The van der Waals surface area contributed by atoms with Crippen molar-refractivity contribution >= 4 is 22.9 Å². The Morgan fingerprint density at radius 1 is 1.33 bits per heavy atom. The van der Waals surface area contributed by atoms with Gasteiger partial charge in [0, 0.05) is 18.5 Å². The van der Waals surface area contributed by atoms with Crippen LogP contribution in [-0.2, 0) is 12.7 Å². The van der Waals surface area contributed by atoms with Crippen LogP contribution >= 0.6 is 11.3 Å². The van der Waals surface area contributed by atoms with Gasteiger partial charge in [0.1, 0.15) is 12.1 Å². The maximum absolute atomic E-state index is 12.9. The van der Waals surface area contributed by atoms with E-state index in [1.54, 1.807) is 17.5 Å². The molecule has 0 aliphatic carbocycles. The average Bonchev–Trinajstić information content (AvgIpc) is 3.06. The Balaban J connectivity index is 2.05. The summed E-state index contributed by atoms with van der Waals surface area (Å²) in [7, 11) is 1.66. The van der Waals surface area contributed by atoms with Crippen molar-refractivity contribution in [2.24, 2.45) is 0 Å². The third-order valence-electron chi connectivity index (χ3n) is 2.80. The topological polar surface area (TPSA) is 59.2 Å². The van der Waals surface area contributed by atoms with Crippen LogP contribution in [0.2, 0.25) is 0 Å². The molecular formula is C11H9F3N6S. The number of thiazole rings is 1. The van der Waals surface area contributed by atoms with Crippen LogP contribution in [0.5, 0.6) is 0 Å². The molecule has 0 amide bonds. The zero-order valence-electron chi connectivity index (χ0n) is 10.7. The number of rotatable bonds is 3. The quantitative estimate of drug-likeness (QED) is 0.742. The molecule has 0 spiro atoms. The van der Waals surface area contributed by atoms with Crippen molar-refractivity contribution in [2.45, 2.75) is 12.7 Å². The molecule has 6 nitrogen and oxygen atoms in total. The predicted molar refractivity (Wildman–Crippen MR) is 70.0 cm³/mol. The van der Waals surface area contributed by atoms with Crippen molar-refractivity contribution in [3.63, 3.8) is 0 Å². The van der Waals surface area contributed by atoms with Gasteiger partial charge in [-0.1, -0.05) is 0 Å². The Bertz CT molecular complexity index is 751. The lowest BCUT2D eigenvalue weighted by Crippen LogP contribution is -2.22. The molecule has 3 aromatic heterocycles. The minimum atomic E-state index is -4.54. The Morgan fingerprint density at radius 3 is 2.81 bits per heavy atom. The van der Waals surface area contributed by atoms with E-state index in [-0.39, 0.29) is 11.6 Å². The predicted octanol–water partition coefficient (Wildman–Crippen LogP) is 2.24. The van der Waals surface area contributed by atoms with Crippen LogP contribution < -0.4 is 4.90 Å². The normalized spacial score (nSPS) is 12.0. The maximum atomic E-state index is 12.9. The summed E-state index contributed by atoms with van der Waals surface area (Å²) >= 11 is 1.42. The Kier molecular flexibility index (Phi) is 3.24. The monoisotopic (exact) mass is 314 g/mol. The molecule has 10 heteroatoms. The van der Waals surface area contributed by atoms with Crippen molar-refractivity contribution in [3.05, 3.63) is 34.7 Å². The second-order valence-electron chi connectivity index (χ2n) is 4.31. The van der Waals surface area contributed by atoms with Crippen LogP contribution in [0.15, 0.2) is 23.3 Å². The van der Waals surface area contributed by atoms with Gasteiger partial charge in [-0.05, 0) is 0 Å². The smallest absolute Gasteiger partial charge is 0.354 e. The van der Waals surface area contributed by atoms with E-state index in [2.05, 4.69) is 20.1 Å². The lowest BCUT2D eigenvalue weighted by Gasteiger charge is -2.19. The van der Waals surface area contributed by atoms with Crippen molar-refractivity contribution in [1.29, 1.82) is 0 Å². The minimum absolute atomic E-state index is 0.0926. The van der Waals surface area contributed by atoms with E-state index in [9.17, 15) is 13.2 Å². The molecule has 0 radical (unpaired) electrons. The van der Waals surface area contributed by atoms with Gasteiger partial charge in [-0.25, -0.2) is 9.97 Å². The molecule has 0 N–H and O–H groups in total. The third kappa shape index (κ3) is 2.66. The van der Waals surface area contributed by atoms with Crippen LogP contribution in [0.4, 0.5) is 19.0 Å². The standard InChI is InChI=1S/C11H9F3N6S/c1-19(3-7-4-21-6-16-7)9-2-8(11(12,13)14)18-10-15-5-17-20(9)10/h2,4-6H,3H2,1H3. The Morgan fingerprint density at radius 2 is 2.14 bits per heavy atom. The summed E-state index contributed by atoms with van der Waals surface area (Å²) in [6.45, 7) is 0.361. The summed E-state index contributed by atoms with van der Waals surface area (Å²) in [5.41, 5.74) is 1.44. The molecule has 0 aromatic carbocycles. The molecule has 21 heavy (non-hydrogen) atoms. The van der Waals surface area contributed by atoms with Gasteiger partial charge >= 0.3 is 6.18 Å². The van der Waals surface area contributed by atoms with E-state index >= 15 is 0 Å². The molecule has 0 aliphatic heterocycles. The SMILES string of the molecule is CN(Cc1cscn1)c1cc(C(F)(F)F)nc2ncnn12. The van der Waals surface area contributed by atoms with Crippen LogP contribution in [0.25, 0.3) is 5.78 Å². The first-order valence-corrected chi connectivity index (χ1v) is 6.75. The van der Waals surface area contributed by atoms with Crippen LogP contribution in [0.1, 0.15) is 11.4 Å². The number of aromatic nitrogens is 5. The van der Waals surface area contributed by atoms with Crippen LogP contribution in [0.3, 0.4) is 0 Å². The second kappa shape index (κ2) is 4.95. The zero-order valence-corrected chi connectivity index (χ0v) is 11.6. The maximum Gasteiger partial charge on any atom is 0.433 e. The van der Waals surface area contributed by atoms with Crippen molar-refractivity contribution in [1.82, 2.24) is 24.6 Å². The van der Waals surface area contributed by atoms with E-state index in [0.717, 1.165) is 11.8 Å². The molecule has 0 atom stereocenters. The fourth-order valence-electron chi connectivity index (χ4n) is 1.85. The summed E-state index contributed by atoms with van der Waals surface area (Å²) < 4.78 is 39.9. The van der Waals surface area contributed by atoms with Gasteiger partial charge in [0.25, 0.3) is 5.78 Å². The fourth-order valence-corrected chi connectivity index (χ4v) is 2.40. The summed E-state index contributed by atoms with van der Waals surface area (Å²) in [6, 6.07) is 0.952. The number of hydrogen-bond acceptors (Lipinski definition) is 6. The largest absolute Gasteiger partial charge is 0.433 e. The highest BCUT2D eigenvalue weighted by atomic mass is 32.1. The number of halogens is 3. The van der Waals surface area contributed by atoms with Gasteiger partial charge in [0.15, 0.2) is 5.69 Å². The van der Waals surface area contributed by atoms with Crippen molar-refractivity contribution < 1.29 is 13.2 Å². The van der Waals surface area contributed by atoms with Gasteiger partial charge in [0.2, 0.25) is 0 Å². The molecule has 3 rings (SSSR count). The number of anilines is 1. The van der Waals surface area contributed by atoms with Crippen LogP contribution in [0, 0.1) is 0 Å². The fraction of sp³-hybridized carbons (Fsp3) is 0.273. The summed E-state index contributed by atoms with van der Waals surface area (Å²) in [5.74, 6) is 0.155. The van der Waals surface area contributed by atoms with E-state index < -0.39 is 11.9 Å². The third-order valence-corrected chi connectivity index (χ3v) is 3.43. The molecule has 3 aromatic rings. The molecule has 0 aliphatic rings. The summed E-state index contributed by atoms with van der Waals surface area (Å²) in [4.78, 5) is 12.9. The number of hydrogen-bond donors (Lipinski definition) is 0. The summed E-state index contributed by atoms with van der Waals surface area (Å²) in [5, 5.41) is 5.74. The number of fused-ring (bicyclic) bond motifs is 1. The number of nitrogens with zero attached hydrogens (tertiary/aromatic N) is 6. The molecule has 0 fully saturated rings. The van der Waals surface area contributed by atoms with E-state index in [1.807, 2.05) is 5.38 Å². The van der Waals surface area contributed by atoms with Gasteiger partial charge in [0.05, 0.1) is 17.7 Å². The first-order valence-electron chi connectivity index (χ1n) is 5.81. The molecular weight excluding hydrogens is 305 g/mol. The second-order valence-corrected chi connectivity index (χ2v) is 5.02. The Labute approximate surface area is 120 Å². The molecule has 0 unspecified atom stereocenters. The first kappa shape index (κ1) is 13.7. The zero-order chi connectivity index (χ0) is 15.0. The lowest BCUT2D eigenvalue weighted by atomic mass is 10.3. The molecule has 0 bridgehead atoms. The Hall–Kier alpha value is -2.23. The van der Waals surface area contributed by atoms with E-state index in [0.29, 0.717) is 6.54 Å². The van der Waals surface area contributed by atoms with Crippen LogP contribution in [-0.4, -0.2) is 31.6 Å². The average molecular weight is 314 g/mol. The highest BCUT2D eigenvalue weighted by molar-refractivity contribution is 7.07. The van der Waals surface area contributed by atoms with Gasteiger partial charge in [-0.3, -0.25) is 0 Å². The van der Waals surface area contributed by atoms with Gasteiger partial charge in [-0.15, -0.1) is 11.3 Å². The van der Waals surface area contributed by atoms with Gasteiger partial charge in [-0.2, -0.15) is 27.8 Å². The van der Waals surface area contributed by atoms with Crippen molar-refractivity contribution in [3.8, 4) is 0 Å². The molecule has 110 valence electrons. The van der Waals surface area contributed by atoms with Crippen molar-refractivity contribution in [2.75, 3.05) is 11.9 Å². The van der Waals surface area contributed by atoms with E-state index in [4.69, 9.17) is 0 Å². The number of alkyl halides is 3. The molecule has 0 saturated heterocycles. The highest BCUT2D eigenvalue weighted by Crippen LogP contribution is 2.30. The first-order chi connectivity index (χ1) is 9.95.